The third-order valence-corrected chi connectivity index (χ3v) is 4.15. The highest BCUT2D eigenvalue weighted by Gasteiger charge is 2.31. The summed E-state index contributed by atoms with van der Waals surface area (Å²) in [6.07, 6.45) is 1.97. The predicted octanol–water partition coefficient (Wildman–Crippen LogP) is 1.74. The Morgan fingerprint density at radius 1 is 1.23 bits per heavy atom. The van der Waals surface area contributed by atoms with E-state index in [9.17, 15) is 9.59 Å². The third-order valence-electron chi connectivity index (χ3n) is 4.15. The molecule has 0 spiro atoms. The van der Waals surface area contributed by atoms with Crippen LogP contribution in [0, 0.1) is 0 Å². The Hall–Kier alpha value is -2.89. The van der Waals surface area contributed by atoms with Crippen molar-refractivity contribution in [3.05, 3.63) is 58.0 Å². The van der Waals surface area contributed by atoms with Gasteiger partial charge in [-0.15, -0.1) is 0 Å². The van der Waals surface area contributed by atoms with Gasteiger partial charge in [0.05, 0.1) is 6.20 Å². The number of nitrogens with zero attached hydrogens (tertiary/aromatic N) is 2. The number of aromatic amines is 1. The van der Waals surface area contributed by atoms with Crippen molar-refractivity contribution < 1.29 is 4.79 Å². The lowest BCUT2D eigenvalue weighted by Crippen LogP contribution is -2.27. The fourth-order valence-electron chi connectivity index (χ4n) is 3.04. The molecule has 4 rings (SSSR count). The van der Waals surface area contributed by atoms with Crippen LogP contribution in [0.5, 0.6) is 0 Å². The van der Waals surface area contributed by atoms with Crippen LogP contribution in [0.15, 0.2) is 41.3 Å². The fourth-order valence-corrected chi connectivity index (χ4v) is 3.04. The topological polar surface area (TPSA) is 79.8 Å². The molecule has 6 nitrogen and oxygen atoms in total. The van der Waals surface area contributed by atoms with Gasteiger partial charge < -0.3 is 10.3 Å². The molecule has 6 heteroatoms. The van der Waals surface area contributed by atoms with Crippen molar-refractivity contribution in [2.24, 2.45) is 7.05 Å². The summed E-state index contributed by atoms with van der Waals surface area (Å²) in [6.45, 7) is 0. The molecule has 0 radical (unpaired) electrons. The summed E-state index contributed by atoms with van der Waals surface area (Å²) in [4.78, 5) is 27.3. The summed E-state index contributed by atoms with van der Waals surface area (Å²) in [5.74, 6) is 0.285. The molecule has 0 unspecified atom stereocenters. The zero-order chi connectivity index (χ0) is 15.3. The van der Waals surface area contributed by atoms with Gasteiger partial charge in [0, 0.05) is 36.0 Å². The van der Waals surface area contributed by atoms with Crippen LogP contribution in [0.25, 0.3) is 10.9 Å². The molecule has 0 saturated heterocycles. The Morgan fingerprint density at radius 3 is 2.91 bits per heavy atom. The van der Waals surface area contributed by atoms with Gasteiger partial charge in [0.15, 0.2) is 0 Å². The Morgan fingerprint density at radius 2 is 2.05 bits per heavy atom. The minimum Gasteiger partial charge on any atom is -0.322 e. The molecule has 1 amide bonds. The first-order valence-corrected chi connectivity index (χ1v) is 7.07. The van der Waals surface area contributed by atoms with Crippen molar-refractivity contribution in [1.82, 2.24) is 14.8 Å². The Balaban J connectivity index is 1.93. The van der Waals surface area contributed by atoms with Crippen molar-refractivity contribution in [3.8, 4) is 0 Å². The van der Waals surface area contributed by atoms with E-state index in [-0.39, 0.29) is 23.8 Å². The van der Waals surface area contributed by atoms with Crippen LogP contribution in [0.2, 0.25) is 0 Å². The first kappa shape index (κ1) is 12.8. The molecular formula is C16H14N4O2. The number of rotatable bonds is 1. The minimum atomic E-state index is -0.272. The van der Waals surface area contributed by atoms with Gasteiger partial charge in [0.25, 0.3) is 5.56 Å². The summed E-state index contributed by atoms with van der Waals surface area (Å²) in [7, 11) is 1.77. The number of hydrogen-bond acceptors (Lipinski definition) is 3. The number of nitrogens with one attached hydrogen (secondary N) is 2. The van der Waals surface area contributed by atoms with E-state index in [0.29, 0.717) is 11.4 Å². The van der Waals surface area contributed by atoms with Gasteiger partial charge in [-0.2, -0.15) is 5.10 Å². The van der Waals surface area contributed by atoms with Gasteiger partial charge in [-0.25, -0.2) is 0 Å². The minimum absolute atomic E-state index is 0.103. The number of amides is 1. The summed E-state index contributed by atoms with van der Waals surface area (Å²) < 4.78 is 1.62. The molecule has 1 aromatic carbocycles. The number of hydrogen-bond donors (Lipinski definition) is 2. The first-order valence-electron chi connectivity index (χ1n) is 7.07. The first-order chi connectivity index (χ1) is 10.6. The van der Waals surface area contributed by atoms with E-state index in [1.165, 1.54) is 0 Å². The molecule has 0 fully saturated rings. The van der Waals surface area contributed by atoms with Gasteiger partial charge in [-0.3, -0.25) is 14.3 Å². The lowest BCUT2D eigenvalue weighted by atomic mass is 9.87. The number of para-hydroxylation sites is 1. The van der Waals surface area contributed by atoms with E-state index in [1.807, 2.05) is 30.3 Å². The molecule has 3 heterocycles. The van der Waals surface area contributed by atoms with E-state index in [2.05, 4.69) is 15.4 Å². The Bertz CT molecular complexity index is 954. The lowest BCUT2D eigenvalue weighted by Gasteiger charge is -2.22. The van der Waals surface area contributed by atoms with Crippen molar-refractivity contribution in [1.29, 1.82) is 0 Å². The number of benzene rings is 1. The maximum Gasteiger partial charge on any atom is 0.252 e. The molecule has 0 saturated carbocycles. The number of H-pyrrole nitrogens is 1. The lowest BCUT2D eigenvalue weighted by molar-refractivity contribution is -0.116. The molecule has 110 valence electrons. The second kappa shape index (κ2) is 4.56. The van der Waals surface area contributed by atoms with Crippen LogP contribution in [0.1, 0.15) is 23.5 Å². The number of anilines is 1. The van der Waals surface area contributed by atoms with Gasteiger partial charge in [0.2, 0.25) is 5.91 Å². The molecular weight excluding hydrogens is 280 g/mol. The molecule has 1 atom stereocenters. The Kier molecular flexibility index (Phi) is 2.66. The number of fused-ring (bicyclic) bond motifs is 2. The quantitative estimate of drug-likeness (QED) is 0.717. The standard InChI is InChI=1S/C16H14N4O2/c1-20-15-12(8-17-20)10(7-14(21)19-15)11-6-9-4-2-3-5-13(9)18-16(11)22/h2-6,8,10H,7H2,1H3,(H,18,22)(H,19,21)/t10-/m1/s1. The van der Waals surface area contributed by atoms with Gasteiger partial charge in [-0.1, -0.05) is 18.2 Å². The number of aryl methyl sites for hydroxylation is 1. The van der Waals surface area contributed by atoms with E-state index < -0.39 is 0 Å². The van der Waals surface area contributed by atoms with Crippen LogP contribution in [0.3, 0.4) is 0 Å². The van der Waals surface area contributed by atoms with Gasteiger partial charge in [-0.05, 0) is 17.5 Å². The largest absolute Gasteiger partial charge is 0.322 e. The zero-order valence-electron chi connectivity index (χ0n) is 12.0. The van der Waals surface area contributed by atoms with E-state index >= 15 is 0 Å². The molecule has 1 aliphatic heterocycles. The smallest absolute Gasteiger partial charge is 0.252 e. The predicted molar refractivity (Wildman–Crippen MR) is 82.9 cm³/mol. The zero-order valence-corrected chi connectivity index (χ0v) is 12.0. The molecule has 1 aliphatic rings. The summed E-state index contributed by atoms with van der Waals surface area (Å²) >= 11 is 0. The van der Waals surface area contributed by atoms with Crippen LogP contribution in [0.4, 0.5) is 5.82 Å². The van der Waals surface area contributed by atoms with E-state index in [0.717, 1.165) is 16.5 Å². The van der Waals surface area contributed by atoms with Gasteiger partial charge in [0.1, 0.15) is 5.82 Å². The van der Waals surface area contributed by atoms with Crippen molar-refractivity contribution in [3.63, 3.8) is 0 Å². The van der Waals surface area contributed by atoms with Crippen molar-refractivity contribution in [2.75, 3.05) is 5.32 Å². The van der Waals surface area contributed by atoms with Crippen LogP contribution < -0.4 is 10.9 Å². The van der Waals surface area contributed by atoms with Crippen LogP contribution in [-0.2, 0) is 11.8 Å². The van der Waals surface area contributed by atoms with E-state index in [1.54, 1.807) is 17.9 Å². The maximum atomic E-state index is 12.4. The fraction of sp³-hybridized carbons (Fsp3) is 0.188. The third kappa shape index (κ3) is 1.84. The highest BCUT2D eigenvalue weighted by atomic mass is 16.2. The molecule has 0 aliphatic carbocycles. The second-order valence-corrected chi connectivity index (χ2v) is 5.52. The summed E-state index contributed by atoms with van der Waals surface area (Å²) in [5.41, 5.74) is 2.11. The van der Waals surface area contributed by atoms with Crippen LogP contribution in [-0.4, -0.2) is 20.7 Å². The molecule has 2 aromatic heterocycles. The maximum absolute atomic E-state index is 12.4. The highest BCUT2D eigenvalue weighted by molar-refractivity contribution is 5.94. The second-order valence-electron chi connectivity index (χ2n) is 5.52. The van der Waals surface area contributed by atoms with E-state index in [4.69, 9.17) is 0 Å². The normalized spacial score (nSPS) is 17.3. The summed E-state index contributed by atoms with van der Waals surface area (Å²) in [5, 5.41) is 7.96. The van der Waals surface area contributed by atoms with Crippen molar-refractivity contribution >= 4 is 22.6 Å². The molecule has 0 bridgehead atoms. The Labute approximate surface area is 125 Å². The number of aromatic nitrogens is 3. The van der Waals surface area contributed by atoms with Gasteiger partial charge >= 0.3 is 0 Å². The molecule has 22 heavy (non-hydrogen) atoms. The van der Waals surface area contributed by atoms with Crippen LogP contribution >= 0.6 is 0 Å². The molecule has 3 aromatic rings. The molecule has 2 N–H and O–H groups in total. The summed E-state index contributed by atoms with van der Waals surface area (Å²) in [6, 6.07) is 9.48. The number of pyridine rings is 1. The highest BCUT2D eigenvalue weighted by Crippen LogP contribution is 2.35. The number of carbonyl (C=O) groups is 1. The average Bonchev–Trinajstić information content (AvgIpc) is 2.87. The number of carbonyl (C=O) groups excluding carboxylic acids is 1. The monoisotopic (exact) mass is 294 g/mol. The van der Waals surface area contributed by atoms with Crippen molar-refractivity contribution in [2.45, 2.75) is 12.3 Å². The SMILES string of the molecule is Cn1ncc2c1NC(=O)C[C@@H]2c1cc2ccccc2[nH]c1=O. The average molecular weight is 294 g/mol.